The Bertz CT molecular complexity index is 762. The van der Waals surface area contributed by atoms with Crippen molar-refractivity contribution in [1.29, 1.82) is 0 Å². The Morgan fingerprint density at radius 2 is 2.10 bits per heavy atom. The van der Waals surface area contributed by atoms with Gasteiger partial charge in [0, 0.05) is 11.9 Å². The Labute approximate surface area is 121 Å². The Kier molecular flexibility index (Phi) is 3.94. The molecule has 8 nitrogen and oxygen atoms in total. The SMILES string of the molecule is Cc1cc(C)nc(NS(=O)(=O)c2cnn(CC(=O)O)c2)c1. The fourth-order valence-electron chi connectivity index (χ4n) is 1.80. The van der Waals surface area contributed by atoms with E-state index in [1.807, 2.05) is 13.0 Å². The molecule has 2 heterocycles. The molecule has 0 saturated carbocycles. The number of hydrogen-bond acceptors (Lipinski definition) is 5. The fourth-order valence-corrected chi connectivity index (χ4v) is 2.74. The highest BCUT2D eigenvalue weighted by Gasteiger charge is 2.18. The third-order valence-corrected chi connectivity index (χ3v) is 3.86. The molecule has 2 N–H and O–H groups in total. The number of carbonyl (C=O) groups is 1. The summed E-state index contributed by atoms with van der Waals surface area (Å²) in [6.07, 6.45) is 2.24. The predicted octanol–water partition coefficient (Wildman–Crippen LogP) is 0.780. The Morgan fingerprint density at radius 1 is 1.38 bits per heavy atom. The first-order valence-electron chi connectivity index (χ1n) is 5.98. The van der Waals surface area contributed by atoms with E-state index < -0.39 is 22.5 Å². The van der Waals surface area contributed by atoms with Gasteiger partial charge in [0.2, 0.25) is 0 Å². The minimum absolute atomic E-state index is 0.121. The molecule has 0 radical (unpaired) electrons. The normalized spacial score (nSPS) is 11.3. The fraction of sp³-hybridized carbons (Fsp3) is 0.250. The molecular weight excluding hydrogens is 296 g/mol. The third-order valence-electron chi connectivity index (χ3n) is 2.55. The zero-order chi connectivity index (χ0) is 15.6. The largest absolute Gasteiger partial charge is 0.480 e. The summed E-state index contributed by atoms with van der Waals surface area (Å²) in [6, 6.07) is 3.43. The molecule has 0 unspecified atom stereocenters. The second-order valence-corrected chi connectivity index (χ2v) is 6.23. The standard InChI is InChI=1S/C12H14N4O4S/c1-8-3-9(2)14-11(4-8)15-21(19,20)10-5-13-16(6-10)7-12(17)18/h3-6H,7H2,1-2H3,(H,14,15)(H,17,18). The van der Waals surface area contributed by atoms with E-state index >= 15 is 0 Å². The highest BCUT2D eigenvalue weighted by atomic mass is 32.2. The highest BCUT2D eigenvalue weighted by molar-refractivity contribution is 7.92. The van der Waals surface area contributed by atoms with Gasteiger partial charge in [-0.05, 0) is 31.5 Å². The van der Waals surface area contributed by atoms with Crippen LogP contribution in [0.15, 0.2) is 29.4 Å². The first-order valence-corrected chi connectivity index (χ1v) is 7.47. The molecule has 0 aliphatic heterocycles. The minimum Gasteiger partial charge on any atom is -0.480 e. The van der Waals surface area contributed by atoms with Gasteiger partial charge in [0.1, 0.15) is 17.3 Å². The second-order valence-electron chi connectivity index (χ2n) is 4.54. The van der Waals surface area contributed by atoms with Gasteiger partial charge in [0.15, 0.2) is 0 Å². The van der Waals surface area contributed by atoms with Crippen LogP contribution in [0.4, 0.5) is 5.82 Å². The Morgan fingerprint density at radius 3 is 2.71 bits per heavy atom. The van der Waals surface area contributed by atoms with Crippen LogP contribution in [0.25, 0.3) is 0 Å². The lowest BCUT2D eigenvalue weighted by atomic mass is 10.2. The van der Waals surface area contributed by atoms with Crippen LogP contribution in [-0.4, -0.2) is 34.3 Å². The van der Waals surface area contributed by atoms with Crippen LogP contribution in [0.5, 0.6) is 0 Å². The van der Waals surface area contributed by atoms with E-state index in [1.54, 1.807) is 13.0 Å². The number of rotatable bonds is 5. The second kappa shape index (κ2) is 5.52. The lowest BCUT2D eigenvalue weighted by Gasteiger charge is -2.07. The number of anilines is 1. The molecule has 0 spiro atoms. The summed E-state index contributed by atoms with van der Waals surface area (Å²) >= 11 is 0. The van der Waals surface area contributed by atoms with Crippen LogP contribution in [0.2, 0.25) is 0 Å². The summed E-state index contributed by atoms with van der Waals surface area (Å²) in [6.45, 7) is 3.18. The highest BCUT2D eigenvalue weighted by Crippen LogP contribution is 2.15. The summed E-state index contributed by atoms with van der Waals surface area (Å²) in [5.74, 6) is -0.899. The van der Waals surface area contributed by atoms with Gasteiger partial charge in [-0.2, -0.15) is 5.10 Å². The predicted molar refractivity (Wildman–Crippen MR) is 74.4 cm³/mol. The molecule has 2 rings (SSSR count). The van der Waals surface area contributed by atoms with Crippen LogP contribution in [0.3, 0.4) is 0 Å². The van der Waals surface area contributed by atoms with Gasteiger partial charge in [-0.15, -0.1) is 0 Å². The summed E-state index contributed by atoms with van der Waals surface area (Å²) in [5, 5.41) is 12.3. The summed E-state index contributed by atoms with van der Waals surface area (Å²) in [4.78, 5) is 14.5. The van der Waals surface area contributed by atoms with Gasteiger partial charge in [-0.25, -0.2) is 13.4 Å². The maximum Gasteiger partial charge on any atom is 0.325 e. The number of nitrogens with one attached hydrogen (secondary N) is 1. The van der Waals surface area contributed by atoms with E-state index in [-0.39, 0.29) is 10.7 Å². The van der Waals surface area contributed by atoms with Crippen LogP contribution in [0.1, 0.15) is 11.3 Å². The number of carboxylic acids is 1. The number of pyridine rings is 1. The van der Waals surface area contributed by atoms with Crippen LogP contribution in [0, 0.1) is 13.8 Å². The van der Waals surface area contributed by atoms with Crippen molar-refractivity contribution in [2.24, 2.45) is 0 Å². The van der Waals surface area contributed by atoms with Crippen molar-refractivity contribution in [2.45, 2.75) is 25.3 Å². The lowest BCUT2D eigenvalue weighted by Crippen LogP contribution is -2.14. The van der Waals surface area contributed by atoms with Crippen molar-refractivity contribution in [1.82, 2.24) is 14.8 Å². The van der Waals surface area contributed by atoms with Gasteiger partial charge in [-0.3, -0.25) is 14.2 Å². The minimum atomic E-state index is -3.85. The molecule has 112 valence electrons. The van der Waals surface area contributed by atoms with Crippen molar-refractivity contribution in [3.63, 3.8) is 0 Å². The van der Waals surface area contributed by atoms with Crippen LogP contribution in [-0.2, 0) is 21.4 Å². The average Bonchev–Trinajstić information content (AvgIpc) is 2.74. The third kappa shape index (κ3) is 3.78. The maximum absolute atomic E-state index is 12.2. The van der Waals surface area contributed by atoms with Gasteiger partial charge in [0.25, 0.3) is 10.0 Å². The van der Waals surface area contributed by atoms with E-state index in [0.717, 1.165) is 22.6 Å². The van der Waals surface area contributed by atoms with Gasteiger partial charge in [-0.1, -0.05) is 0 Å². The monoisotopic (exact) mass is 310 g/mol. The van der Waals surface area contributed by atoms with Crippen molar-refractivity contribution in [2.75, 3.05) is 4.72 Å². The van der Waals surface area contributed by atoms with E-state index in [4.69, 9.17) is 5.11 Å². The first kappa shape index (κ1) is 15.0. The van der Waals surface area contributed by atoms with Crippen molar-refractivity contribution < 1.29 is 18.3 Å². The Hall–Kier alpha value is -2.42. The van der Waals surface area contributed by atoms with E-state index in [9.17, 15) is 13.2 Å². The number of aliphatic carboxylic acids is 1. The van der Waals surface area contributed by atoms with Crippen molar-refractivity contribution >= 4 is 21.8 Å². The molecule has 2 aromatic rings. The van der Waals surface area contributed by atoms with E-state index in [2.05, 4.69) is 14.8 Å². The molecule has 0 fully saturated rings. The lowest BCUT2D eigenvalue weighted by molar-refractivity contribution is -0.137. The molecule has 0 bridgehead atoms. The molecule has 9 heteroatoms. The summed E-state index contributed by atoms with van der Waals surface area (Å²) in [5.41, 5.74) is 1.57. The average molecular weight is 310 g/mol. The summed E-state index contributed by atoms with van der Waals surface area (Å²) < 4.78 is 27.7. The molecule has 0 amide bonds. The van der Waals surface area contributed by atoms with Gasteiger partial charge < -0.3 is 5.11 Å². The van der Waals surface area contributed by atoms with E-state index in [0.29, 0.717) is 5.69 Å². The van der Waals surface area contributed by atoms with Gasteiger partial charge >= 0.3 is 5.97 Å². The van der Waals surface area contributed by atoms with Crippen LogP contribution >= 0.6 is 0 Å². The molecule has 0 aliphatic carbocycles. The number of aromatic nitrogens is 3. The zero-order valence-corrected chi connectivity index (χ0v) is 12.3. The molecule has 0 saturated heterocycles. The number of sulfonamides is 1. The number of hydrogen-bond donors (Lipinski definition) is 2. The first-order chi connectivity index (χ1) is 9.76. The number of nitrogens with zero attached hydrogens (tertiary/aromatic N) is 3. The molecule has 0 aromatic carbocycles. The number of aryl methyl sites for hydroxylation is 2. The van der Waals surface area contributed by atoms with Crippen LogP contribution < -0.4 is 4.72 Å². The Balaban J connectivity index is 2.25. The van der Waals surface area contributed by atoms with Crippen molar-refractivity contribution in [3.05, 3.63) is 35.8 Å². The molecule has 0 aliphatic rings. The smallest absolute Gasteiger partial charge is 0.325 e. The molecule has 21 heavy (non-hydrogen) atoms. The van der Waals surface area contributed by atoms with Crippen molar-refractivity contribution in [3.8, 4) is 0 Å². The number of carboxylic acid groups (broad SMARTS) is 1. The molecule has 0 atom stereocenters. The zero-order valence-electron chi connectivity index (χ0n) is 11.4. The quantitative estimate of drug-likeness (QED) is 0.843. The molecular formula is C12H14N4O4S. The topological polar surface area (TPSA) is 114 Å². The van der Waals surface area contributed by atoms with Gasteiger partial charge in [0.05, 0.1) is 6.20 Å². The summed E-state index contributed by atoms with van der Waals surface area (Å²) in [7, 11) is -3.85. The maximum atomic E-state index is 12.2. The molecule has 2 aromatic heterocycles. The van der Waals surface area contributed by atoms with E-state index in [1.165, 1.54) is 0 Å².